The van der Waals surface area contributed by atoms with Gasteiger partial charge in [0.1, 0.15) is 6.61 Å². The Balaban J connectivity index is 1.90. The molecule has 0 N–H and O–H groups in total. The average Bonchev–Trinajstić information content (AvgIpc) is 2.45. The van der Waals surface area contributed by atoms with E-state index in [-0.39, 0.29) is 5.78 Å². The highest BCUT2D eigenvalue weighted by Crippen LogP contribution is 2.14. The lowest BCUT2D eigenvalue weighted by Gasteiger charge is -2.15. The van der Waals surface area contributed by atoms with Crippen molar-refractivity contribution in [2.75, 3.05) is 20.6 Å². The van der Waals surface area contributed by atoms with Crippen LogP contribution in [0, 0.1) is 0 Å². The molecule has 0 radical (unpaired) electrons. The molecular weight excluding hydrogens is 252 g/mol. The summed E-state index contributed by atoms with van der Waals surface area (Å²) in [5, 5.41) is 0. The van der Waals surface area contributed by atoms with Crippen molar-refractivity contribution in [1.82, 2.24) is 4.90 Å². The highest BCUT2D eigenvalue weighted by molar-refractivity contribution is 6.10. The molecule has 0 atom stereocenters. The third kappa shape index (κ3) is 4.31. The first-order valence-corrected chi connectivity index (χ1v) is 6.75. The largest absolute Gasteiger partial charge is 0.484 e. The number of ether oxygens (including phenoxy) is 1. The van der Waals surface area contributed by atoms with Crippen molar-refractivity contribution in [2.45, 2.75) is 19.4 Å². The zero-order valence-electron chi connectivity index (χ0n) is 12.0. The molecule has 0 spiro atoms. The zero-order chi connectivity index (χ0) is 14.4. The molecule has 0 unspecified atom stereocenters. The van der Waals surface area contributed by atoms with Gasteiger partial charge in [-0.3, -0.25) is 9.79 Å². The van der Waals surface area contributed by atoms with Crippen LogP contribution in [0.25, 0.3) is 0 Å². The number of nitrogens with zero attached hydrogens (tertiary/aromatic N) is 2. The molecule has 2 rings (SSSR count). The summed E-state index contributed by atoms with van der Waals surface area (Å²) >= 11 is 0. The van der Waals surface area contributed by atoms with Gasteiger partial charge in [0.05, 0.1) is 12.6 Å². The van der Waals surface area contributed by atoms with Crippen molar-refractivity contribution in [2.24, 2.45) is 4.99 Å². The zero-order valence-corrected chi connectivity index (χ0v) is 12.0. The van der Waals surface area contributed by atoms with Crippen molar-refractivity contribution >= 4 is 11.5 Å². The molecule has 0 bridgehead atoms. The van der Waals surface area contributed by atoms with Gasteiger partial charge in [-0.2, -0.15) is 0 Å². The molecular formula is C16H20N2O2. The van der Waals surface area contributed by atoms with E-state index in [0.717, 1.165) is 24.2 Å². The van der Waals surface area contributed by atoms with Gasteiger partial charge in [0.2, 0.25) is 5.78 Å². The van der Waals surface area contributed by atoms with Crippen LogP contribution in [0.4, 0.5) is 0 Å². The smallest absolute Gasteiger partial charge is 0.204 e. The lowest BCUT2D eigenvalue weighted by Crippen LogP contribution is -2.21. The topological polar surface area (TPSA) is 41.9 Å². The summed E-state index contributed by atoms with van der Waals surface area (Å²) < 4.78 is 5.55. The van der Waals surface area contributed by atoms with E-state index in [1.165, 1.54) is 0 Å². The van der Waals surface area contributed by atoms with E-state index >= 15 is 0 Å². The molecule has 1 heterocycles. The van der Waals surface area contributed by atoms with Gasteiger partial charge in [0, 0.05) is 12.3 Å². The molecule has 0 amide bonds. The number of allylic oxidation sites excluding steroid dienone is 1. The van der Waals surface area contributed by atoms with Crippen LogP contribution in [0.2, 0.25) is 0 Å². The van der Waals surface area contributed by atoms with Crippen molar-refractivity contribution in [3.05, 3.63) is 47.9 Å². The van der Waals surface area contributed by atoms with E-state index in [2.05, 4.69) is 9.89 Å². The van der Waals surface area contributed by atoms with Crippen molar-refractivity contribution in [3.8, 4) is 0 Å². The van der Waals surface area contributed by atoms with Crippen LogP contribution in [-0.4, -0.2) is 37.0 Å². The Morgan fingerprint density at radius 1 is 1.25 bits per heavy atom. The highest BCUT2D eigenvalue weighted by atomic mass is 16.5. The molecule has 1 aromatic rings. The third-order valence-electron chi connectivity index (χ3n) is 3.09. The molecule has 1 aliphatic rings. The minimum absolute atomic E-state index is 0.0182. The van der Waals surface area contributed by atoms with E-state index in [1.54, 1.807) is 6.20 Å². The lowest BCUT2D eigenvalue weighted by molar-refractivity contribution is -0.118. The summed E-state index contributed by atoms with van der Waals surface area (Å²) in [6.45, 7) is 1.31. The monoisotopic (exact) mass is 272 g/mol. The number of ketones is 1. The summed E-state index contributed by atoms with van der Waals surface area (Å²) in [6.07, 6.45) is 2.75. The SMILES string of the molecule is CN(C)CCC1=NC=C(OCc2ccccc2)C(=O)C1. The summed E-state index contributed by atoms with van der Waals surface area (Å²) in [5.74, 6) is 0.382. The average molecular weight is 272 g/mol. The molecule has 4 heteroatoms. The fourth-order valence-electron chi connectivity index (χ4n) is 1.90. The van der Waals surface area contributed by atoms with Crippen LogP contribution in [0.5, 0.6) is 0 Å². The maximum absolute atomic E-state index is 12.0. The second kappa shape index (κ2) is 7.01. The van der Waals surface area contributed by atoms with E-state index in [0.29, 0.717) is 18.8 Å². The molecule has 0 saturated carbocycles. The second-order valence-electron chi connectivity index (χ2n) is 5.12. The highest BCUT2D eigenvalue weighted by Gasteiger charge is 2.18. The fraction of sp³-hybridized carbons (Fsp3) is 0.375. The van der Waals surface area contributed by atoms with Crippen LogP contribution in [0.3, 0.4) is 0 Å². The van der Waals surface area contributed by atoms with Crippen molar-refractivity contribution in [1.29, 1.82) is 0 Å². The molecule has 0 fully saturated rings. The Kier molecular flexibility index (Phi) is 5.07. The van der Waals surface area contributed by atoms with E-state index in [9.17, 15) is 4.79 Å². The Hall–Kier alpha value is -1.94. The Labute approximate surface area is 119 Å². The van der Waals surface area contributed by atoms with Crippen LogP contribution in [-0.2, 0) is 16.1 Å². The first-order valence-electron chi connectivity index (χ1n) is 6.75. The summed E-state index contributed by atoms with van der Waals surface area (Å²) in [7, 11) is 4.02. The summed E-state index contributed by atoms with van der Waals surface area (Å²) in [4.78, 5) is 18.4. The lowest BCUT2D eigenvalue weighted by atomic mass is 10.1. The van der Waals surface area contributed by atoms with Crippen LogP contribution in [0.15, 0.2) is 47.3 Å². The number of rotatable bonds is 6. The molecule has 1 aliphatic heterocycles. The van der Waals surface area contributed by atoms with E-state index in [1.807, 2.05) is 44.4 Å². The van der Waals surface area contributed by atoms with Gasteiger partial charge in [-0.05, 0) is 26.1 Å². The number of hydrogen-bond donors (Lipinski definition) is 0. The molecule has 20 heavy (non-hydrogen) atoms. The number of carbonyl (C=O) groups excluding carboxylic acids is 1. The van der Waals surface area contributed by atoms with Crippen LogP contribution >= 0.6 is 0 Å². The normalized spacial score (nSPS) is 15.1. The van der Waals surface area contributed by atoms with Crippen LogP contribution < -0.4 is 0 Å². The Bertz CT molecular complexity index is 519. The minimum atomic E-state index is 0.0182. The molecule has 0 saturated heterocycles. The van der Waals surface area contributed by atoms with Crippen molar-refractivity contribution in [3.63, 3.8) is 0 Å². The van der Waals surface area contributed by atoms with Gasteiger partial charge in [-0.1, -0.05) is 30.3 Å². The second-order valence-corrected chi connectivity index (χ2v) is 5.12. The van der Waals surface area contributed by atoms with Gasteiger partial charge >= 0.3 is 0 Å². The van der Waals surface area contributed by atoms with Gasteiger partial charge < -0.3 is 9.64 Å². The maximum atomic E-state index is 12.0. The quantitative estimate of drug-likeness (QED) is 0.798. The number of hydrogen-bond acceptors (Lipinski definition) is 4. The number of benzene rings is 1. The standard InChI is InChI=1S/C16H20N2O2/c1-18(2)9-8-14-10-15(19)16(11-17-14)20-12-13-6-4-3-5-7-13/h3-7,11H,8-10,12H2,1-2H3. The predicted molar refractivity (Wildman–Crippen MR) is 79.5 cm³/mol. The third-order valence-corrected chi connectivity index (χ3v) is 3.09. The first-order chi connectivity index (χ1) is 9.65. The van der Waals surface area contributed by atoms with E-state index in [4.69, 9.17) is 4.74 Å². The van der Waals surface area contributed by atoms with Gasteiger partial charge in [-0.25, -0.2) is 0 Å². The number of carbonyl (C=O) groups is 1. The van der Waals surface area contributed by atoms with Gasteiger partial charge in [-0.15, -0.1) is 0 Å². The fourth-order valence-corrected chi connectivity index (χ4v) is 1.90. The summed E-state index contributed by atoms with van der Waals surface area (Å²) in [6, 6.07) is 9.80. The molecule has 1 aromatic carbocycles. The Morgan fingerprint density at radius 3 is 2.65 bits per heavy atom. The maximum Gasteiger partial charge on any atom is 0.204 e. The van der Waals surface area contributed by atoms with E-state index < -0.39 is 0 Å². The molecule has 0 aromatic heterocycles. The molecule has 106 valence electrons. The number of aliphatic imine (C=N–C) groups is 1. The molecule has 4 nitrogen and oxygen atoms in total. The molecule has 0 aliphatic carbocycles. The Morgan fingerprint density at radius 2 is 2.00 bits per heavy atom. The van der Waals surface area contributed by atoms with Crippen LogP contribution in [0.1, 0.15) is 18.4 Å². The van der Waals surface area contributed by atoms with Crippen molar-refractivity contribution < 1.29 is 9.53 Å². The predicted octanol–water partition coefficient (Wildman–Crippen LogP) is 2.41. The summed E-state index contributed by atoms with van der Waals surface area (Å²) in [5.41, 5.74) is 1.97. The van der Waals surface area contributed by atoms with Gasteiger partial charge in [0.25, 0.3) is 0 Å². The number of Topliss-reactive ketones (excluding diaryl/α,β-unsaturated/α-hetero) is 1. The first kappa shape index (κ1) is 14.5. The van der Waals surface area contributed by atoms with Gasteiger partial charge in [0.15, 0.2) is 5.76 Å². The minimum Gasteiger partial charge on any atom is -0.484 e.